The zero-order valence-corrected chi connectivity index (χ0v) is 14.5. The van der Waals surface area contributed by atoms with Crippen LogP contribution in [0.2, 0.25) is 0 Å². The molecule has 1 fully saturated rings. The molecule has 1 saturated heterocycles. The first-order chi connectivity index (χ1) is 12.1. The van der Waals surface area contributed by atoms with Gasteiger partial charge in [-0.2, -0.15) is 5.10 Å². The smallest absolute Gasteiger partial charge is 0.261 e. The van der Waals surface area contributed by atoms with Crippen LogP contribution in [-0.2, 0) is 7.05 Å². The minimum atomic E-state index is -0.176. The van der Waals surface area contributed by atoms with Crippen LogP contribution < -0.4 is 10.6 Å². The Labute approximate surface area is 145 Å². The number of nitrogens with zero attached hydrogens (tertiary/aromatic N) is 3. The molecule has 0 radical (unpaired) electrons. The van der Waals surface area contributed by atoms with E-state index in [1.165, 1.54) is 0 Å². The molecule has 1 aliphatic rings. The lowest BCUT2D eigenvalue weighted by Crippen LogP contribution is -2.29. The van der Waals surface area contributed by atoms with Crippen molar-refractivity contribution in [2.24, 2.45) is 7.05 Å². The number of aromatic nitrogens is 4. The van der Waals surface area contributed by atoms with Crippen LogP contribution in [0.25, 0.3) is 11.0 Å². The van der Waals surface area contributed by atoms with E-state index in [1.54, 1.807) is 10.9 Å². The predicted molar refractivity (Wildman–Crippen MR) is 96.8 cm³/mol. The second kappa shape index (κ2) is 6.33. The number of hydrogen-bond acceptors (Lipinski definition) is 4. The molecule has 1 aliphatic heterocycles. The highest BCUT2D eigenvalue weighted by molar-refractivity contribution is 6.04. The largest absolute Gasteiger partial charge is 0.324 e. The third-order valence-corrected chi connectivity index (χ3v) is 4.65. The Morgan fingerprint density at radius 2 is 2.28 bits per heavy atom. The topological polar surface area (TPSA) is 87.6 Å². The van der Waals surface area contributed by atoms with E-state index in [0.29, 0.717) is 11.5 Å². The molecule has 3 aromatic rings. The molecule has 1 aromatic carbocycles. The van der Waals surface area contributed by atoms with Gasteiger partial charge in [-0.15, -0.1) is 0 Å². The molecule has 0 spiro atoms. The number of fused-ring (bicyclic) bond motifs is 1. The van der Waals surface area contributed by atoms with Gasteiger partial charge in [-0.05, 0) is 44.0 Å². The van der Waals surface area contributed by atoms with Gasteiger partial charge in [-0.3, -0.25) is 14.8 Å². The van der Waals surface area contributed by atoms with Crippen molar-refractivity contribution in [3.05, 3.63) is 41.2 Å². The highest BCUT2D eigenvalue weighted by atomic mass is 16.1. The summed E-state index contributed by atoms with van der Waals surface area (Å²) >= 11 is 0. The maximum absolute atomic E-state index is 12.8. The summed E-state index contributed by atoms with van der Waals surface area (Å²) in [5.74, 6) is 0.556. The second-order valence-electron chi connectivity index (χ2n) is 6.71. The fourth-order valence-electron chi connectivity index (χ4n) is 3.42. The Hall–Kier alpha value is -2.67. The lowest BCUT2D eigenvalue weighted by Gasteiger charge is -2.21. The van der Waals surface area contributed by atoms with Crippen LogP contribution in [0.3, 0.4) is 0 Å². The van der Waals surface area contributed by atoms with E-state index in [4.69, 9.17) is 0 Å². The average molecular weight is 338 g/mol. The van der Waals surface area contributed by atoms with Gasteiger partial charge in [0, 0.05) is 25.7 Å². The van der Waals surface area contributed by atoms with Crippen molar-refractivity contribution >= 4 is 22.9 Å². The summed E-state index contributed by atoms with van der Waals surface area (Å²) in [6.07, 6.45) is 3.94. The number of carbonyl (C=O) groups excluding carboxylic acids is 1. The third kappa shape index (κ3) is 3.15. The maximum Gasteiger partial charge on any atom is 0.261 e. The van der Waals surface area contributed by atoms with Gasteiger partial charge in [-0.1, -0.05) is 6.07 Å². The van der Waals surface area contributed by atoms with E-state index < -0.39 is 0 Å². The Morgan fingerprint density at radius 1 is 1.40 bits per heavy atom. The van der Waals surface area contributed by atoms with Crippen molar-refractivity contribution in [1.29, 1.82) is 0 Å². The van der Waals surface area contributed by atoms with Crippen LogP contribution >= 0.6 is 0 Å². The van der Waals surface area contributed by atoms with Gasteiger partial charge in [0.05, 0.1) is 22.3 Å². The number of rotatable bonds is 3. The number of amides is 1. The molecule has 4 rings (SSSR count). The highest BCUT2D eigenvalue weighted by Gasteiger charge is 2.25. The van der Waals surface area contributed by atoms with Crippen molar-refractivity contribution < 1.29 is 4.79 Å². The van der Waals surface area contributed by atoms with Crippen molar-refractivity contribution in [3.8, 4) is 0 Å². The molecule has 0 bridgehead atoms. The van der Waals surface area contributed by atoms with E-state index in [9.17, 15) is 4.79 Å². The molecule has 25 heavy (non-hydrogen) atoms. The van der Waals surface area contributed by atoms with Crippen molar-refractivity contribution in [3.63, 3.8) is 0 Å². The molecule has 1 atom stereocenters. The molecule has 7 nitrogen and oxygen atoms in total. The summed E-state index contributed by atoms with van der Waals surface area (Å²) < 4.78 is 1.71. The number of hydrogen-bond donors (Lipinski definition) is 3. The highest BCUT2D eigenvalue weighted by Crippen LogP contribution is 2.25. The molecule has 1 amide bonds. The van der Waals surface area contributed by atoms with Crippen LogP contribution in [0, 0.1) is 6.92 Å². The van der Waals surface area contributed by atoms with Crippen molar-refractivity contribution in [2.75, 3.05) is 18.4 Å². The van der Waals surface area contributed by atoms with E-state index in [1.807, 2.05) is 32.2 Å². The summed E-state index contributed by atoms with van der Waals surface area (Å²) in [5, 5.41) is 10.8. The summed E-state index contributed by atoms with van der Waals surface area (Å²) in [6, 6.07) is 5.96. The fourth-order valence-corrected chi connectivity index (χ4v) is 3.42. The van der Waals surface area contributed by atoms with Crippen LogP contribution in [0.1, 0.15) is 40.4 Å². The summed E-state index contributed by atoms with van der Waals surface area (Å²) in [4.78, 5) is 20.4. The van der Waals surface area contributed by atoms with Crippen molar-refractivity contribution in [2.45, 2.75) is 25.7 Å². The minimum Gasteiger partial charge on any atom is -0.324 e. The number of benzene rings is 1. The number of aromatic amines is 1. The molecule has 2 aromatic heterocycles. The monoisotopic (exact) mass is 338 g/mol. The lowest BCUT2D eigenvalue weighted by molar-refractivity contribution is 0.102. The van der Waals surface area contributed by atoms with Gasteiger partial charge in [0.1, 0.15) is 0 Å². The maximum atomic E-state index is 12.8. The number of nitrogens with one attached hydrogen (secondary N) is 3. The van der Waals surface area contributed by atoms with Crippen LogP contribution in [0.15, 0.2) is 24.4 Å². The quantitative estimate of drug-likeness (QED) is 0.684. The summed E-state index contributed by atoms with van der Waals surface area (Å²) in [6.45, 7) is 3.92. The molecule has 3 N–H and O–H groups in total. The second-order valence-corrected chi connectivity index (χ2v) is 6.71. The van der Waals surface area contributed by atoms with Crippen molar-refractivity contribution in [1.82, 2.24) is 25.1 Å². The SMILES string of the molecule is Cc1ccc2nc(NC(=O)c3cn(C)nc3C3CCCNC3)[nH]c2c1. The normalized spacial score (nSPS) is 17.8. The van der Waals surface area contributed by atoms with Crippen LogP contribution in [-0.4, -0.2) is 38.7 Å². The zero-order valence-electron chi connectivity index (χ0n) is 14.5. The summed E-state index contributed by atoms with van der Waals surface area (Å²) in [5.41, 5.74) is 4.38. The van der Waals surface area contributed by atoms with E-state index >= 15 is 0 Å². The van der Waals surface area contributed by atoms with E-state index in [0.717, 1.165) is 48.2 Å². The average Bonchev–Trinajstić information content (AvgIpc) is 3.18. The first kappa shape index (κ1) is 15.8. The van der Waals surface area contributed by atoms with Crippen LogP contribution in [0.5, 0.6) is 0 Å². The molecular weight excluding hydrogens is 316 g/mol. The van der Waals surface area contributed by atoms with Crippen LogP contribution in [0.4, 0.5) is 5.95 Å². The van der Waals surface area contributed by atoms with Gasteiger partial charge >= 0.3 is 0 Å². The Balaban J connectivity index is 1.59. The Bertz CT molecular complexity index is 919. The number of H-pyrrole nitrogens is 1. The van der Waals surface area contributed by atoms with Gasteiger partial charge in [0.25, 0.3) is 5.91 Å². The number of aryl methyl sites for hydroxylation is 2. The number of carbonyl (C=O) groups is 1. The number of imidazole rings is 1. The number of anilines is 1. The molecule has 1 unspecified atom stereocenters. The fraction of sp³-hybridized carbons (Fsp3) is 0.389. The minimum absolute atomic E-state index is 0.176. The molecule has 7 heteroatoms. The lowest BCUT2D eigenvalue weighted by atomic mass is 9.93. The zero-order chi connectivity index (χ0) is 17.4. The van der Waals surface area contributed by atoms with Gasteiger partial charge < -0.3 is 10.3 Å². The molecule has 0 saturated carbocycles. The Kier molecular flexibility index (Phi) is 4.01. The van der Waals surface area contributed by atoms with Gasteiger partial charge in [-0.25, -0.2) is 4.98 Å². The standard InChI is InChI=1S/C18H22N6O/c1-11-5-6-14-15(8-11)21-18(20-14)22-17(25)13-10-24(2)23-16(13)12-4-3-7-19-9-12/h5-6,8,10,12,19H,3-4,7,9H2,1-2H3,(H2,20,21,22,25). The predicted octanol–water partition coefficient (Wildman–Crippen LogP) is 2.32. The molecule has 3 heterocycles. The molecule has 130 valence electrons. The molecule has 0 aliphatic carbocycles. The van der Waals surface area contributed by atoms with E-state index in [2.05, 4.69) is 25.7 Å². The number of piperidine rings is 1. The van der Waals surface area contributed by atoms with Gasteiger partial charge in [0.2, 0.25) is 5.95 Å². The van der Waals surface area contributed by atoms with Gasteiger partial charge in [0.15, 0.2) is 0 Å². The first-order valence-corrected chi connectivity index (χ1v) is 8.62. The Morgan fingerprint density at radius 3 is 3.08 bits per heavy atom. The third-order valence-electron chi connectivity index (χ3n) is 4.65. The van der Waals surface area contributed by atoms with E-state index in [-0.39, 0.29) is 11.8 Å². The first-order valence-electron chi connectivity index (χ1n) is 8.62. The molecular formula is C18H22N6O. The summed E-state index contributed by atoms with van der Waals surface area (Å²) in [7, 11) is 1.85.